The van der Waals surface area contributed by atoms with Crippen molar-refractivity contribution in [2.45, 2.75) is 50.7 Å². The first-order valence-electron chi connectivity index (χ1n) is 10.0. The third kappa shape index (κ3) is 3.17. The summed E-state index contributed by atoms with van der Waals surface area (Å²) in [6, 6.07) is 3.60. The van der Waals surface area contributed by atoms with Crippen molar-refractivity contribution in [1.29, 1.82) is 0 Å². The average Bonchev–Trinajstić information content (AvgIpc) is 3.44. The van der Waals surface area contributed by atoms with Gasteiger partial charge in [-0.1, -0.05) is 0 Å². The molecular formula is C21H25N5O3. The lowest BCUT2D eigenvalue weighted by Gasteiger charge is -2.22. The lowest BCUT2D eigenvalue weighted by atomic mass is 9.85. The van der Waals surface area contributed by atoms with Crippen molar-refractivity contribution in [3.8, 4) is 5.75 Å². The Bertz CT molecular complexity index is 1080. The van der Waals surface area contributed by atoms with Crippen molar-refractivity contribution in [3.05, 3.63) is 42.0 Å². The number of carbonyl (C=O) groups is 1. The summed E-state index contributed by atoms with van der Waals surface area (Å²) in [5.41, 5.74) is 2.27. The number of nitrogens with zero attached hydrogens (tertiary/aromatic N) is 4. The Labute approximate surface area is 168 Å². The number of aryl methyl sites for hydroxylation is 1. The van der Waals surface area contributed by atoms with E-state index < -0.39 is 0 Å². The van der Waals surface area contributed by atoms with Gasteiger partial charge < -0.3 is 19.2 Å². The molecule has 1 amide bonds. The van der Waals surface area contributed by atoms with Gasteiger partial charge in [0, 0.05) is 43.2 Å². The normalized spacial score (nSPS) is 23.2. The molecule has 3 aromatic rings. The van der Waals surface area contributed by atoms with Crippen LogP contribution in [0.25, 0.3) is 5.65 Å². The van der Waals surface area contributed by atoms with Gasteiger partial charge in [0.1, 0.15) is 11.4 Å². The molecular weight excluding hydrogens is 370 g/mol. The Morgan fingerprint density at radius 3 is 2.90 bits per heavy atom. The number of aromatic nitrogens is 4. The van der Waals surface area contributed by atoms with Crippen LogP contribution in [0.2, 0.25) is 0 Å². The second kappa shape index (κ2) is 6.59. The lowest BCUT2D eigenvalue weighted by Crippen LogP contribution is -2.25. The molecule has 1 saturated carbocycles. The molecule has 1 aliphatic carbocycles. The molecule has 152 valence electrons. The van der Waals surface area contributed by atoms with Crippen molar-refractivity contribution < 1.29 is 14.3 Å². The van der Waals surface area contributed by atoms with Crippen LogP contribution in [0.5, 0.6) is 5.75 Å². The topological polar surface area (TPSA) is 82.7 Å². The number of rotatable bonds is 5. The highest BCUT2D eigenvalue weighted by Crippen LogP contribution is 2.47. The quantitative estimate of drug-likeness (QED) is 0.718. The molecule has 8 nitrogen and oxygen atoms in total. The number of hydrogen-bond donors (Lipinski definition) is 1. The third-order valence-electron chi connectivity index (χ3n) is 5.82. The fourth-order valence-corrected chi connectivity index (χ4v) is 4.39. The highest BCUT2D eigenvalue weighted by molar-refractivity contribution is 6.05. The molecule has 2 atom stereocenters. The smallest absolute Gasteiger partial charge is 0.262 e. The number of anilines is 1. The van der Waals surface area contributed by atoms with Gasteiger partial charge in [-0.3, -0.25) is 9.48 Å². The standard InChI is InChI=1S/C21H25N5O3/c1-13(2)29-16-8-19-22-17(21-6-4-14(9-21)28-12-21)11-26(19)10-15(16)20(27)23-18-5-7-25(3)24-18/h5,7-8,10-11,13-14H,4,6,9,12H2,1-3H3,(H,23,24,27)/t14-,21-/m0/s1. The minimum Gasteiger partial charge on any atom is -0.490 e. The number of pyridine rings is 1. The van der Waals surface area contributed by atoms with Crippen LogP contribution in [0.15, 0.2) is 30.7 Å². The first kappa shape index (κ1) is 18.2. The van der Waals surface area contributed by atoms with Crippen molar-refractivity contribution in [3.63, 3.8) is 0 Å². The second-order valence-corrected chi connectivity index (χ2v) is 8.39. The summed E-state index contributed by atoms with van der Waals surface area (Å²) >= 11 is 0. The maximum absolute atomic E-state index is 13.0. The van der Waals surface area contributed by atoms with Gasteiger partial charge >= 0.3 is 0 Å². The highest BCUT2D eigenvalue weighted by atomic mass is 16.5. The molecule has 1 N–H and O–H groups in total. The van der Waals surface area contributed by atoms with Gasteiger partial charge in [0.2, 0.25) is 0 Å². The van der Waals surface area contributed by atoms with Crippen LogP contribution in [0.4, 0.5) is 5.82 Å². The van der Waals surface area contributed by atoms with E-state index in [0.29, 0.717) is 23.2 Å². The van der Waals surface area contributed by atoms with Crippen LogP contribution in [-0.2, 0) is 17.2 Å². The summed E-state index contributed by atoms with van der Waals surface area (Å²) in [5, 5.41) is 7.06. The minimum atomic E-state index is -0.264. The predicted molar refractivity (Wildman–Crippen MR) is 107 cm³/mol. The number of hydrogen-bond acceptors (Lipinski definition) is 5. The van der Waals surface area contributed by atoms with Gasteiger partial charge in [-0.15, -0.1) is 0 Å². The van der Waals surface area contributed by atoms with Crippen LogP contribution in [-0.4, -0.2) is 43.9 Å². The number of carbonyl (C=O) groups excluding carboxylic acids is 1. The van der Waals surface area contributed by atoms with Gasteiger partial charge in [-0.2, -0.15) is 5.10 Å². The number of fused-ring (bicyclic) bond motifs is 3. The van der Waals surface area contributed by atoms with Crippen LogP contribution in [0.3, 0.4) is 0 Å². The number of nitrogens with one attached hydrogen (secondary N) is 1. The molecule has 2 aliphatic rings. The summed E-state index contributed by atoms with van der Waals surface area (Å²) in [7, 11) is 1.81. The molecule has 0 radical (unpaired) electrons. The van der Waals surface area contributed by atoms with Gasteiger partial charge in [0.25, 0.3) is 5.91 Å². The van der Waals surface area contributed by atoms with Crippen LogP contribution in [0.1, 0.15) is 49.2 Å². The van der Waals surface area contributed by atoms with E-state index >= 15 is 0 Å². The molecule has 0 unspecified atom stereocenters. The van der Waals surface area contributed by atoms with E-state index in [9.17, 15) is 4.79 Å². The summed E-state index contributed by atoms with van der Waals surface area (Å²) in [5.74, 6) is 0.751. The predicted octanol–water partition coefficient (Wildman–Crippen LogP) is 2.93. The first-order valence-corrected chi connectivity index (χ1v) is 10.0. The summed E-state index contributed by atoms with van der Waals surface area (Å²) in [4.78, 5) is 17.8. The molecule has 0 aromatic carbocycles. The fourth-order valence-electron chi connectivity index (χ4n) is 4.39. The zero-order valence-corrected chi connectivity index (χ0v) is 16.9. The zero-order valence-electron chi connectivity index (χ0n) is 16.9. The molecule has 8 heteroatoms. The summed E-state index contributed by atoms with van der Waals surface area (Å²) < 4.78 is 15.4. The molecule has 3 aromatic heterocycles. The largest absolute Gasteiger partial charge is 0.490 e. The van der Waals surface area contributed by atoms with Crippen LogP contribution < -0.4 is 10.1 Å². The molecule has 1 aliphatic heterocycles. The maximum atomic E-state index is 13.0. The van der Waals surface area contributed by atoms with Crippen molar-refractivity contribution in [2.24, 2.45) is 7.05 Å². The SMILES string of the molecule is CC(C)Oc1cc2nc([C@@]34CC[C@@H](C3)OC4)cn2cc1C(=O)Nc1ccn(C)n1. The molecule has 2 bridgehead atoms. The Hall–Kier alpha value is -2.87. The Morgan fingerprint density at radius 2 is 2.28 bits per heavy atom. The van der Waals surface area contributed by atoms with Crippen LogP contribution in [0, 0.1) is 0 Å². The number of amides is 1. The summed E-state index contributed by atoms with van der Waals surface area (Å²) in [6.07, 6.45) is 9.12. The molecule has 4 heterocycles. The van der Waals surface area contributed by atoms with Crippen molar-refractivity contribution in [2.75, 3.05) is 11.9 Å². The van der Waals surface area contributed by atoms with E-state index in [4.69, 9.17) is 14.5 Å². The molecule has 2 fully saturated rings. The van der Waals surface area contributed by atoms with Gasteiger partial charge in [-0.05, 0) is 33.1 Å². The van der Waals surface area contributed by atoms with E-state index in [1.165, 1.54) is 0 Å². The van der Waals surface area contributed by atoms with E-state index in [1.807, 2.05) is 37.6 Å². The van der Waals surface area contributed by atoms with Crippen LogP contribution >= 0.6 is 0 Å². The highest BCUT2D eigenvalue weighted by Gasteiger charge is 2.48. The van der Waals surface area contributed by atoms with E-state index in [-0.39, 0.29) is 17.4 Å². The van der Waals surface area contributed by atoms with Gasteiger partial charge in [-0.25, -0.2) is 4.98 Å². The first-order chi connectivity index (χ1) is 13.9. The average molecular weight is 395 g/mol. The van der Waals surface area contributed by atoms with E-state index in [2.05, 4.69) is 10.4 Å². The molecule has 1 saturated heterocycles. The lowest BCUT2D eigenvalue weighted by molar-refractivity contribution is 0.0692. The third-order valence-corrected chi connectivity index (χ3v) is 5.82. The van der Waals surface area contributed by atoms with Crippen molar-refractivity contribution >= 4 is 17.4 Å². The summed E-state index contributed by atoms with van der Waals surface area (Å²) in [6.45, 7) is 4.61. The number of imidazole rings is 1. The fraction of sp³-hybridized carbons (Fsp3) is 0.476. The molecule has 5 rings (SSSR count). The second-order valence-electron chi connectivity index (χ2n) is 8.39. The van der Waals surface area contributed by atoms with E-state index in [0.717, 1.165) is 37.2 Å². The van der Waals surface area contributed by atoms with E-state index in [1.54, 1.807) is 23.1 Å². The Balaban J connectivity index is 1.53. The Morgan fingerprint density at radius 1 is 1.41 bits per heavy atom. The van der Waals surface area contributed by atoms with Gasteiger partial charge in [0.15, 0.2) is 5.82 Å². The molecule has 29 heavy (non-hydrogen) atoms. The number of ether oxygens (including phenoxy) is 2. The van der Waals surface area contributed by atoms with Crippen molar-refractivity contribution in [1.82, 2.24) is 19.2 Å². The molecule has 0 spiro atoms. The monoisotopic (exact) mass is 395 g/mol. The Kier molecular flexibility index (Phi) is 4.13. The zero-order chi connectivity index (χ0) is 20.2. The van der Waals surface area contributed by atoms with Gasteiger partial charge in [0.05, 0.1) is 30.1 Å². The maximum Gasteiger partial charge on any atom is 0.262 e. The minimum absolute atomic E-state index is 0.00609.